The number of piperidine rings is 1. The van der Waals surface area contributed by atoms with E-state index in [4.69, 9.17) is 0 Å². The summed E-state index contributed by atoms with van der Waals surface area (Å²) in [6.07, 6.45) is 5.23. The molecule has 122 valence electrons. The van der Waals surface area contributed by atoms with Gasteiger partial charge in [0, 0.05) is 17.8 Å². The lowest BCUT2D eigenvalue weighted by Gasteiger charge is -2.23. The minimum Gasteiger partial charge on any atom is -0.349 e. The molecule has 1 aliphatic heterocycles. The summed E-state index contributed by atoms with van der Waals surface area (Å²) < 4.78 is 1.73. The fraction of sp³-hybridized carbons (Fsp3) is 0.278. The van der Waals surface area contributed by atoms with Gasteiger partial charge in [0.2, 0.25) is 0 Å². The van der Waals surface area contributed by atoms with E-state index >= 15 is 0 Å². The average Bonchev–Trinajstić information content (AvgIpc) is 3.07. The smallest absolute Gasteiger partial charge is 0.256 e. The van der Waals surface area contributed by atoms with E-state index < -0.39 is 0 Å². The zero-order valence-corrected chi connectivity index (χ0v) is 13.3. The van der Waals surface area contributed by atoms with Crippen molar-refractivity contribution < 1.29 is 4.79 Å². The number of nitrogens with zero attached hydrogens (tertiary/aromatic N) is 3. The monoisotopic (exact) mass is 321 g/mol. The Labute approximate surface area is 139 Å². The molecule has 2 aromatic heterocycles. The van der Waals surface area contributed by atoms with Crippen molar-refractivity contribution in [2.24, 2.45) is 0 Å². The van der Waals surface area contributed by atoms with Gasteiger partial charge in [-0.25, -0.2) is 9.50 Å². The van der Waals surface area contributed by atoms with E-state index in [1.165, 1.54) is 0 Å². The van der Waals surface area contributed by atoms with E-state index in [-0.39, 0.29) is 11.9 Å². The number of rotatable bonds is 3. The van der Waals surface area contributed by atoms with Gasteiger partial charge in [0.1, 0.15) is 5.56 Å². The standard InChI is InChI=1S/C18H19N5O/c24-18(22-14-6-9-19-10-7-14)15-12-21-23-16(8-11-20-17(15)23)13-4-2-1-3-5-13/h1-5,8,11-12,14,19H,6-7,9-10H2,(H,22,24). The maximum absolute atomic E-state index is 12.6. The van der Waals surface area contributed by atoms with Gasteiger partial charge >= 0.3 is 0 Å². The number of aromatic nitrogens is 3. The van der Waals surface area contributed by atoms with Gasteiger partial charge < -0.3 is 10.6 Å². The zero-order valence-electron chi connectivity index (χ0n) is 13.3. The highest BCUT2D eigenvalue weighted by molar-refractivity contribution is 6.00. The molecule has 0 unspecified atom stereocenters. The predicted molar refractivity (Wildman–Crippen MR) is 91.8 cm³/mol. The molecule has 0 atom stereocenters. The quantitative estimate of drug-likeness (QED) is 0.773. The van der Waals surface area contributed by atoms with Crippen LogP contribution >= 0.6 is 0 Å². The molecule has 1 aliphatic rings. The second-order valence-electron chi connectivity index (χ2n) is 5.99. The summed E-state index contributed by atoms with van der Waals surface area (Å²) in [5, 5.41) is 10.8. The molecular formula is C18H19N5O. The summed E-state index contributed by atoms with van der Waals surface area (Å²) in [5.74, 6) is -0.102. The molecule has 0 aliphatic carbocycles. The summed E-state index contributed by atoms with van der Waals surface area (Å²) >= 11 is 0. The van der Waals surface area contributed by atoms with Gasteiger partial charge in [0.15, 0.2) is 5.65 Å². The maximum atomic E-state index is 12.6. The number of carbonyl (C=O) groups excluding carboxylic acids is 1. The van der Waals surface area contributed by atoms with E-state index in [0.29, 0.717) is 11.2 Å². The molecule has 4 rings (SSSR count). The minimum absolute atomic E-state index is 0.102. The number of hydrogen-bond donors (Lipinski definition) is 2. The van der Waals surface area contributed by atoms with E-state index in [9.17, 15) is 4.79 Å². The topological polar surface area (TPSA) is 71.3 Å². The Morgan fingerprint density at radius 2 is 1.96 bits per heavy atom. The highest BCUT2D eigenvalue weighted by atomic mass is 16.1. The van der Waals surface area contributed by atoms with Gasteiger partial charge in [-0.1, -0.05) is 30.3 Å². The Balaban J connectivity index is 1.66. The Morgan fingerprint density at radius 1 is 1.17 bits per heavy atom. The molecule has 0 saturated carbocycles. The van der Waals surface area contributed by atoms with Crippen molar-refractivity contribution in [1.29, 1.82) is 0 Å². The van der Waals surface area contributed by atoms with Crippen LogP contribution < -0.4 is 10.6 Å². The van der Waals surface area contributed by atoms with Crippen LogP contribution in [0.15, 0.2) is 48.8 Å². The Morgan fingerprint density at radius 3 is 2.75 bits per heavy atom. The molecule has 3 heterocycles. The second kappa shape index (κ2) is 6.41. The molecule has 1 aromatic carbocycles. The van der Waals surface area contributed by atoms with Crippen LogP contribution in [0.5, 0.6) is 0 Å². The third kappa shape index (κ3) is 2.76. The molecule has 24 heavy (non-hydrogen) atoms. The van der Waals surface area contributed by atoms with Crippen LogP contribution in [-0.4, -0.2) is 39.6 Å². The lowest BCUT2D eigenvalue weighted by molar-refractivity contribution is 0.0931. The number of fused-ring (bicyclic) bond motifs is 1. The molecular weight excluding hydrogens is 302 g/mol. The Kier molecular flexibility index (Phi) is 3.96. The van der Waals surface area contributed by atoms with Gasteiger partial charge in [0.25, 0.3) is 5.91 Å². The highest BCUT2D eigenvalue weighted by Crippen LogP contribution is 2.20. The van der Waals surface area contributed by atoms with Crippen LogP contribution in [0.1, 0.15) is 23.2 Å². The first-order chi connectivity index (χ1) is 11.8. The van der Waals surface area contributed by atoms with Gasteiger partial charge in [-0.05, 0) is 32.0 Å². The number of hydrogen-bond acceptors (Lipinski definition) is 4. The predicted octanol–water partition coefficient (Wildman–Crippen LogP) is 1.88. The molecule has 6 nitrogen and oxygen atoms in total. The fourth-order valence-corrected chi connectivity index (χ4v) is 3.11. The normalized spacial score (nSPS) is 15.5. The molecule has 6 heteroatoms. The van der Waals surface area contributed by atoms with Gasteiger partial charge in [-0.2, -0.15) is 5.10 Å². The molecule has 0 spiro atoms. The highest BCUT2D eigenvalue weighted by Gasteiger charge is 2.20. The Bertz CT molecular complexity index is 852. The zero-order chi connectivity index (χ0) is 16.4. The van der Waals surface area contributed by atoms with Crippen LogP contribution in [0.3, 0.4) is 0 Å². The molecule has 0 bridgehead atoms. The number of carbonyl (C=O) groups is 1. The minimum atomic E-state index is -0.102. The van der Waals surface area contributed by atoms with Crippen LogP contribution in [-0.2, 0) is 0 Å². The third-order valence-corrected chi connectivity index (χ3v) is 4.39. The molecule has 0 radical (unpaired) electrons. The van der Waals surface area contributed by atoms with Crippen molar-refractivity contribution >= 4 is 11.6 Å². The molecule has 2 N–H and O–H groups in total. The summed E-state index contributed by atoms with van der Waals surface area (Å²) in [4.78, 5) is 17.0. The van der Waals surface area contributed by atoms with Gasteiger partial charge in [-0.3, -0.25) is 4.79 Å². The summed E-state index contributed by atoms with van der Waals surface area (Å²) in [6.45, 7) is 1.88. The van der Waals surface area contributed by atoms with Crippen LogP contribution in [0.2, 0.25) is 0 Å². The van der Waals surface area contributed by atoms with Gasteiger partial charge in [0.05, 0.1) is 11.9 Å². The van der Waals surface area contributed by atoms with Gasteiger partial charge in [-0.15, -0.1) is 0 Å². The largest absolute Gasteiger partial charge is 0.349 e. The van der Waals surface area contributed by atoms with E-state index in [1.54, 1.807) is 16.9 Å². The third-order valence-electron chi connectivity index (χ3n) is 4.39. The first-order valence-electron chi connectivity index (χ1n) is 8.22. The average molecular weight is 321 g/mol. The van der Waals surface area contributed by atoms with E-state index in [2.05, 4.69) is 20.7 Å². The maximum Gasteiger partial charge on any atom is 0.256 e. The van der Waals surface area contributed by atoms with Crippen LogP contribution in [0.4, 0.5) is 0 Å². The Hall–Kier alpha value is -2.73. The van der Waals surface area contributed by atoms with Crippen LogP contribution in [0, 0.1) is 0 Å². The summed E-state index contributed by atoms with van der Waals surface area (Å²) in [7, 11) is 0. The molecule has 1 fully saturated rings. The van der Waals surface area contributed by atoms with Crippen molar-refractivity contribution in [1.82, 2.24) is 25.2 Å². The lowest BCUT2D eigenvalue weighted by Crippen LogP contribution is -2.42. The first kappa shape index (κ1) is 14.8. The molecule has 1 amide bonds. The van der Waals surface area contributed by atoms with Crippen molar-refractivity contribution in [2.75, 3.05) is 13.1 Å². The molecule has 3 aromatic rings. The lowest BCUT2D eigenvalue weighted by atomic mass is 10.1. The van der Waals surface area contributed by atoms with Crippen LogP contribution in [0.25, 0.3) is 16.9 Å². The molecule has 1 saturated heterocycles. The first-order valence-corrected chi connectivity index (χ1v) is 8.22. The number of benzene rings is 1. The summed E-state index contributed by atoms with van der Waals surface area (Å²) in [6, 6.07) is 12.1. The fourth-order valence-electron chi connectivity index (χ4n) is 3.11. The van der Waals surface area contributed by atoms with E-state index in [1.807, 2.05) is 36.4 Å². The van der Waals surface area contributed by atoms with Crippen molar-refractivity contribution in [3.63, 3.8) is 0 Å². The summed E-state index contributed by atoms with van der Waals surface area (Å²) in [5.41, 5.74) is 3.06. The number of nitrogens with one attached hydrogen (secondary N) is 2. The second-order valence-corrected chi connectivity index (χ2v) is 5.99. The van der Waals surface area contributed by atoms with Crippen molar-refractivity contribution in [3.8, 4) is 11.3 Å². The van der Waals surface area contributed by atoms with E-state index in [0.717, 1.165) is 37.2 Å². The van der Waals surface area contributed by atoms with Crippen molar-refractivity contribution in [3.05, 3.63) is 54.4 Å². The van der Waals surface area contributed by atoms with Crippen molar-refractivity contribution in [2.45, 2.75) is 18.9 Å². The number of amides is 1. The SMILES string of the molecule is O=C(NC1CCNCC1)c1cnn2c(-c3ccccc3)ccnc12.